The molecule has 3 aliphatic rings. The Morgan fingerprint density at radius 2 is 2.18 bits per heavy atom. The Labute approximate surface area is 199 Å². The van der Waals surface area contributed by atoms with Crippen LogP contribution < -0.4 is 4.72 Å². The molecule has 0 bridgehead atoms. The van der Waals surface area contributed by atoms with Crippen LogP contribution in [0.4, 0.5) is 10.1 Å². The Kier molecular flexibility index (Phi) is 6.74. The summed E-state index contributed by atoms with van der Waals surface area (Å²) in [4.78, 5) is 24.0. The molecule has 184 valence electrons. The summed E-state index contributed by atoms with van der Waals surface area (Å²) >= 11 is 5.95. The van der Waals surface area contributed by atoms with Gasteiger partial charge < -0.3 is 24.1 Å². The van der Waals surface area contributed by atoms with E-state index in [0.29, 0.717) is 0 Å². The average Bonchev–Trinajstić information content (AvgIpc) is 3.30. The zero-order valence-corrected chi connectivity index (χ0v) is 19.4. The lowest BCUT2D eigenvalue weighted by atomic mass is 9.94. The molecule has 0 aromatic heterocycles. The maximum Gasteiger partial charge on any atom is 0.335 e. The van der Waals surface area contributed by atoms with E-state index in [0.717, 1.165) is 12.1 Å². The SMILES string of the molecule is CCOC(=O)C1=CC2(CCC1S(=O)(=O)Nc1ccc(F)cc1Cl)O[C@@H]1[C@@H](CO)OC(=C=O)[C@@H]1O2. The van der Waals surface area contributed by atoms with E-state index < -0.39 is 57.8 Å². The lowest BCUT2D eigenvalue weighted by Gasteiger charge is -2.34. The van der Waals surface area contributed by atoms with Crippen molar-refractivity contribution >= 4 is 39.2 Å². The van der Waals surface area contributed by atoms with E-state index in [4.69, 9.17) is 30.5 Å². The number of anilines is 1. The van der Waals surface area contributed by atoms with Gasteiger partial charge in [0.25, 0.3) is 0 Å². The minimum Gasteiger partial charge on any atom is -0.476 e. The maximum atomic E-state index is 13.4. The highest BCUT2D eigenvalue weighted by Gasteiger charge is 2.59. The quantitative estimate of drug-likeness (QED) is 0.424. The molecule has 2 aliphatic heterocycles. The van der Waals surface area contributed by atoms with Gasteiger partial charge in [-0.05, 0) is 37.6 Å². The van der Waals surface area contributed by atoms with Gasteiger partial charge in [0, 0.05) is 6.42 Å². The van der Waals surface area contributed by atoms with Gasteiger partial charge in [0.1, 0.15) is 17.2 Å². The number of fused-ring (bicyclic) bond motifs is 1. The molecule has 2 fully saturated rings. The first kappa shape index (κ1) is 24.6. The number of sulfonamides is 1. The summed E-state index contributed by atoms with van der Waals surface area (Å²) in [6.07, 6.45) is -1.62. The number of carbonyl (C=O) groups is 1. The van der Waals surface area contributed by atoms with Crippen LogP contribution in [0.25, 0.3) is 0 Å². The Morgan fingerprint density at radius 1 is 1.41 bits per heavy atom. The summed E-state index contributed by atoms with van der Waals surface area (Å²) < 4.78 is 64.2. The van der Waals surface area contributed by atoms with E-state index in [1.807, 2.05) is 0 Å². The van der Waals surface area contributed by atoms with Crippen molar-refractivity contribution in [1.82, 2.24) is 0 Å². The van der Waals surface area contributed by atoms with Gasteiger partial charge in [-0.2, -0.15) is 0 Å². The predicted octanol–water partition coefficient (Wildman–Crippen LogP) is 1.46. The number of ether oxygens (including phenoxy) is 4. The van der Waals surface area contributed by atoms with Crippen LogP contribution in [0, 0.1) is 5.82 Å². The Morgan fingerprint density at radius 3 is 2.82 bits per heavy atom. The number of carbonyl (C=O) groups excluding carboxylic acids is 2. The zero-order valence-electron chi connectivity index (χ0n) is 17.8. The number of esters is 1. The molecule has 1 aromatic carbocycles. The molecule has 0 saturated carbocycles. The molecule has 2 saturated heterocycles. The molecule has 2 N–H and O–H groups in total. The van der Waals surface area contributed by atoms with Gasteiger partial charge in [0.05, 0.1) is 29.5 Å². The zero-order chi connectivity index (χ0) is 24.7. The fourth-order valence-corrected chi connectivity index (χ4v) is 6.02. The molecule has 10 nitrogen and oxygen atoms in total. The first-order valence-corrected chi connectivity index (χ1v) is 12.3. The molecule has 13 heteroatoms. The lowest BCUT2D eigenvalue weighted by molar-refractivity contribution is -0.169. The van der Waals surface area contributed by atoms with Crippen molar-refractivity contribution < 1.29 is 46.5 Å². The van der Waals surface area contributed by atoms with Gasteiger partial charge in [-0.3, -0.25) is 4.72 Å². The van der Waals surface area contributed by atoms with Gasteiger partial charge in [-0.25, -0.2) is 22.4 Å². The fraction of sp³-hybridized carbons (Fsp3) is 0.476. The van der Waals surface area contributed by atoms with Crippen LogP contribution in [-0.4, -0.2) is 68.0 Å². The van der Waals surface area contributed by atoms with Crippen LogP contribution in [0.3, 0.4) is 0 Å². The van der Waals surface area contributed by atoms with Crippen LogP contribution in [0.2, 0.25) is 5.02 Å². The summed E-state index contributed by atoms with van der Waals surface area (Å²) in [5.41, 5.74) is -0.296. The number of halogens is 2. The molecule has 1 aliphatic carbocycles. The van der Waals surface area contributed by atoms with Crippen LogP contribution in [0.5, 0.6) is 0 Å². The molecular weight excluding hydrogens is 497 g/mol. The van der Waals surface area contributed by atoms with Gasteiger partial charge in [0.15, 0.2) is 23.9 Å². The van der Waals surface area contributed by atoms with Gasteiger partial charge >= 0.3 is 5.97 Å². The Hall–Kier alpha value is -2.47. The van der Waals surface area contributed by atoms with E-state index in [2.05, 4.69) is 4.72 Å². The molecule has 1 spiro atoms. The fourth-order valence-electron chi connectivity index (χ4n) is 4.20. The largest absolute Gasteiger partial charge is 0.476 e. The Balaban J connectivity index is 1.67. The number of benzene rings is 1. The maximum absolute atomic E-state index is 13.4. The molecule has 0 amide bonds. The summed E-state index contributed by atoms with van der Waals surface area (Å²) in [7, 11) is -4.25. The summed E-state index contributed by atoms with van der Waals surface area (Å²) in [5.74, 6) is -1.65. The van der Waals surface area contributed by atoms with Crippen molar-refractivity contribution in [2.45, 2.75) is 49.1 Å². The van der Waals surface area contributed by atoms with E-state index in [1.54, 1.807) is 12.9 Å². The first-order valence-electron chi connectivity index (χ1n) is 10.4. The van der Waals surface area contributed by atoms with Crippen molar-refractivity contribution in [3.05, 3.63) is 46.4 Å². The molecular formula is C21H21ClFNO9S. The van der Waals surface area contributed by atoms with E-state index in [-0.39, 0.29) is 41.5 Å². The van der Waals surface area contributed by atoms with Crippen molar-refractivity contribution in [3.8, 4) is 0 Å². The molecule has 2 heterocycles. The third-order valence-corrected chi connectivity index (χ3v) is 7.75. The van der Waals surface area contributed by atoms with Gasteiger partial charge in [-0.1, -0.05) is 11.6 Å². The number of aliphatic hydroxyl groups excluding tert-OH is 1. The summed E-state index contributed by atoms with van der Waals surface area (Å²) in [5, 5.41) is 8.02. The number of aliphatic hydroxyl groups is 1. The highest BCUT2D eigenvalue weighted by atomic mass is 35.5. The number of hydrogen-bond acceptors (Lipinski definition) is 9. The Bertz CT molecular complexity index is 1180. The number of rotatable bonds is 6. The van der Waals surface area contributed by atoms with Crippen molar-refractivity contribution in [2.24, 2.45) is 0 Å². The molecule has 1 aromatic rings. The molecule has 34 heavy (non-hydrogen) atoms. The van der Waals surface area contributed by atoms with Crippen LogP contribution in [0.15, 0.2) is 35.6 Å². The number of nitrogens with one attached hydrogen (secondary N) is 1. The monoisotopic (exact) mass is 517 g/mol. The normalized spacial score (nSPS) is 30.4. The minimum atomic E-state index is -4.25. The van der Waals surface area contributed by atoms with Crippen LogP contribution in [0.1, 0.15) is 19.8 Å². The second-order valence-corrected chi connectivity index (χ2v) is 10.1. The van der Waals surface area contributed by atoms with Gasteiger partial charge in [0.2, 0.25) is 15.8 Å². The summed E-state index contributed by atoms with van der Waals surface area (Å²) in [6, 6.07) is 3.16. The van der Waals surface area contributed by atoms with Crippen LogP contribution in [-0.2, 0) is 38.6 Å². The van der Waals surface area contributed by atoms with E-state index in [9.17, 15) is 27.5 Å². The highest BCUT2D eigenvalue weighted by Crippen LogP contribution is 2.46. The van der Waals surface area contributed by atoms with Crippen molar-refractivity contribution in [3.63, 3.8) is 0 Å². The third-order valence-electron chi connectivity index (χ3n) is 5.69. The average molecular weight is 518 g/mol. The van der Waals surface area contributed by atoms with Gasteiger partial charge in [-0.15, -0.1) is 0 Å². The van der Waals surface area contributed by atoms with Crippen LogP contribution >= 0.6 is 11.6 Å². The highest BCUT2D eigenvalue weighted by molar-refractivity contribution is 7.93. The molecule has 0 radical (unpaired) electrons. The first-order chi connectivity index (χ1) is 16.1. The molecule has 5 atom stereocenters. The molecule has 2 unspecified atom stereocenters. The van der Waals surface area contributed by atoms with Crippen molar-refractivity contribution in [2.75, 3.05) is 17.9 Å². The second-order valence-electron chi connectivity index (χ2n) is 7.86. The number of hydrogen-bond donors (Lipinski definition) is 2. The predicted molar refractivity (Wildman–Crippen MR) is 115 cm³/mol. The minimum absolute atomic E-state index is 0.00405. The summed E-state index contributed by atoms with van der Waals surface area (Å²) in [6.45, 7) is 1.09. The second kappa shape index (κ2) is 9.29. The third kappa shape index (κ3) is 4.45. The van der Waals surface area contributed by atoms with E-state index in [1.165, 1.54) is 12.1 Å². The topological polar surface area (TPSA) is 137 Å². The standard InChI is InChI=1S/C21H21ClFNO9S/c1-2-30-20(27)12-8-21(32-18-15(9-25)31-16(10-26)19(18)33-21)6-5-17(12)34(28,29)24-14-4-3-11(23)7-13(14)22/h3-4,7-8,15,17-19,24-25H,2,5-6,9H2,1H3/t15-,17?,18-,19+,21?/m1/s1. The van der Waals surface area contributed by atoms with E-state index >= 15 is 0 Å². The van der Waals surface area contributed by atoms with Crippen molar-refractivity contribution in [1.29, 1.82) is 0 Å². The lowest BCUT2D eigenvalue weighted by Crippen LogP contribution is -2.43. The molecule has 4 rings (SSSR count). The smallest absolute Gasteiger partial charge is 0.335 e.